The molecule has 0 atom stereocenters. The Morgan fingerprint density at radius 1 is 1.16 bits per heavy atom. The first-order valence-electron chi connectivity index (χ1n) is 10.7. The molecule has 32 heavy (non-hydrogen) atoms. The van der Waals surface area contributed by atoms with Gasteiger partial charge in [-0.1, -0.05) is 30.5 Å². The second-order valence-corrected chi connectivity index (χ2v) is 9.22. The van der Waals surface area contributed by atoms with Crippen LogP contribution in [0.1, 0.15) is 47.2 Å². The minimum Gasteiger partial charge on any atom is -0.341 e. The second-order valence-electron chi connectivity index (χ2n) is 8.81. The van der Waals surface area contributed by atoms with Crippen molar-refractivity contribution < 1.29 is 18.0 Å². The number of Topliss-reactive ketones (excluding diaryl/α,β-unsaturated/α-hetero) is 1. The van der Waals surface area contributed by atoms with Crippen LogP contribution >= 0.6 is 11.6 Å². The molecule has 170 valence electrons. The van der Waals surface area contributed by atoms with E-state index in [2.05, 4.69) is 10.2 Å². The van der Waals surface area contributed by atoms with Crippen LogP contribution in [0.15, 0.2) is 29.3 Å². The number of hydrogen-bond acceptors (Lipinski definition) is 3. The Bertz CT molecular complexity index is 1090. The Balaban J connectivity index is 1.59. The third kappa shape index (κ3) is 4.28. The van der Waals surface area contributed by atoms with Crippen LogP contribution in [0.3, 0.4) is 0 Å². The maximum atomic E-state index is 14.5. The minimum absolute atomic E-state index is 0.0328. The number of likely N-dealkylation sites (N-methyl/N-ethyl adjacent to an activating group) is 1. The molecule has 0 spiro atoms. The first kappa shape index (κ1) is 22.8. The highest BCUT2D eigenvalue weighted by molar-refractivity contribution is 6.30. The number of carbonyl (C=O) groups excluding carboxylic acids is 1. The molecule has 0 bridgehead atoms. The fourth-order valence-corrected chi connectivity index (χ4v) is 4.83. The third-order valence-corrected chi connectivity index (χ3v) is 6.93. The van der Waals surface area contributed by atoms with E-state index in [4.69, 9.17) is 16.6 Å². The first-order valence-corrected chi connectivity index (χ1v) is 11.0. The molecule has 0 radical (unpaired) electrons. The Morgan fingerprint density at radius 2 is 1.88 bits per heavy atom. The van der Waals surface area contributed by atoms with Gasteiger partial charge in [0.1, 0.15) is 11.7 Å². The summed E-state index contributed by atoms with van der Waals surface area (Å²) < 4.78 is 42.2. The normalized spacial score (nSPS) is 18.3. The molecule has 1 saturated carbocycles. The highest BCUT2D eigenvalue weighted by Gasteiger charge is 2.36. The van der Waals surface area contributed by atoms with E-state index in [-0.39, 0.29) is 34.7 Å². The molecule has 0 saturated heterocycles. The summed E-state index contributed by atoms with van der Waals surface area (Å²) in [5, 5.41) is 2.80. The molecule has 1 heterocycles. The van der Waals surface area contributed by atoms with Crippen molar-refractivity contribution in [2.24, 2.45) is 4.99 Å². The zero-order valence-corrected chi connectivity index (χ0v) is 18.8. The summed E-state index contributed by atoms with van der Waals surface area (Å²) in [4.78, 5) is 19.8. The molecule has 2 aliphatic rings. The highest BCUT2D eigenvalue weighted by Crippen LogP contribution is 2.36. The summed E-state index contributed by atoms with van der Waals surface area (Å²) >= 11 is 5.80. The summed E-state index contributed by atoms with van der Waals surface area (Å²) in [5.41, 5.74) is 0.920. The van der Waals surface area contributed by atoms with E-state index < -0.39 is 23.2 Å². The van der Waals surface area contributed by atoms with E-state index in [1.165, 1.54) is 18.2 Å². The highest BCUT2D eigenvalue weighted by atomic mass is 35.5. The standard InChI is InChI=1S/C24H25ClF3N3O/c1-31(2)24(7-3-4-8-24)13-29-21-12-16-15(11-19(27)22(28)23(16)30-21)20(32)10-14-5-6-18(26)17(25)9-14/h5-6,9,11H,3-4,7-8,10,12-13H2,1-2H3,(H,29,30). The van der Waals surface area contributed by atoms with Crippen LogP contribution in [0.25, 0.3) is 0 Å². The maximum absolute atomic E-state index is 14.5. The monoisotopic (exact) mass is 463 g/mol. The average Bonchev–Trinajstić information content (AvgIpc) is 3.40. The Kier molecular flexibility index (Phi) is 6.32. The molecule has 0 amide bonds. The maximum Gasteiger partial charge on any atom is 0.182 e. The van der Waals surface area contributed by atoms with Crippen LogP contribution in [0.5, 0.6) is 0 Å². The number of amidine groups is 1. The van der Waals surface area contributed by atoms with Crippen LogP contribution in [0.2, 0.25) is 5.02 Å². The van der Waals surface area contributed by atoms with E-state index in [1.807, 2.05) is 14.1 Å². The van der Waals surface area contributed by atoms with Crippen molar-refractivity contribution in [2.45, 2.75) is 44.1 Å². The number of fused-ring (bicyclic) bond motifs is 1. The lowest BCUT2D eigenvalue weighted by molar-refractivity contribution is 0.0992. The molecule has 1 aliphatic carbocycles. The molecule has 2 aromatic rings. The molecule has 1 N–H and O–H groups in total. The van der Waals surface area contributed by atoms with E-state index in [0.717, 1.165) is 31.7 Å². The van der Waals surface area contributed by atoms with Gasteiger partial charge in [-0.15, -0.1) is 0 Å². The molecular weight excluding hydrogens is 439 g/mol. The number of nitrogens with one attached hydrogen (secondary N) is 1. The fourth-order valence-electron chi connectivity index (χ4n) is 4.63. The predicted octanol–water partition coefficient (Wildman–Crippen LogP) is 5.42. The van der Waals surface area contributed by atoms with Gasteiger partial charge in [-0.05, 0) is 56.3 Å². The average molecular weight is 464 g/mol. The smallest absolute Gasteiger partial charge is 0.182 e. The largest absolute Gasteiger partial charge is 0.341 e. The van der Waals surface area contributed by atoms with Crippen molar-refractivity contribution in [1.29, 1.82) is 0 Å². The lowest BCUT2D eigenvalue weighted by Gasteiger charge is -2.35. The lowest BCUT2D eigenvalue weighted by Crippen LogP contribution is -2.44. The number of aliphatic imine (C=N–C) groups is 1. The van der Waals surface area contributed by atoms with Crippen molar-refractivity contribution in [2.75, 3.05) is 26.0 Å². The summed E-state index contributed by atoms with van der Waals surface area (Å²) in [6, 6.07) is 4.93. The fraction of sp³-hybridized carbons (Fsp3) is 0.417. The molecule has 0 aromatic heterocycles. The Morgan fingerprint density at radius 3 is 2.53 bits per heavy atom. The Labute approximate surface area is 190 Å². The zero-order chi connectivity index (χ0) is 23.0. The van der Waals surface area contributed by atoms with Gasteiger partial charge in [-0.3, -0.25) is 9.79 Å². The quantitative estimate of drug-likeness (QED) is 0.581. The third-order valence-electron chi connectivity index (χ3n) is 6.64. The molecule has 8 heteroatoms. The lowest BCUT2D eigenvalue weighted by atomic mass is 9.95. The zero-order valence-electron chi connectivity index (χ0n) is 18.1. The van der Waals surface area contributed by atoms with E-state index >= 15 is 0 Å². The first-order chi connectivity index (χ1) is 15.2. The number of ketones is 1. The summed E-state index contributed by atoms with van der Waals surface area (Å²) in [6.45, 7) is 0.553. The topological polar surface area (TPSA) is 44.7 Å². The number of hydrogen-bond donors (Lipinski definition) is 1. The van der Waals surface area contributed by atoms with Crippen molar-refractivity contribution in [1.82, 2.24) is 4.90 Å². The van der Waals surface area contributed by atoms with Crippen molar-refractivity contribution >= 4 is 28.9 Å². The minimum atomic E-state index is -1.10. The Hall–Kier alpha value is -2.38. The number of anilines is 1. The van der Waals surface area contributed by atoms with Gasteiger partial charge >= 0.3 is 0 Å². The molecule has 4 nitrogen and oxygen atoms in total. The predicted molar refractivity (Wildman–Crippen MR) is 120 cm³/mol. The van der Waals surface area contributed by atoms with E-state index in [9.17, 15) is 18.0 Å². The number of rotatable bonds is 6. The SMILES string of the molecule is CN(C)C1(CN=C2Cc3c(C(=O)Cc4ccc(F)c(Cl)c4)cc(F)c(F)c3N2)CCCC1. The molecule has 1 fully saturated rings. The summed E-state index contributed by atoms with van der Waals surface area (Å²) in [6.07, 6.45) is 4.48. The molecule has 4 rings (SSSR count). The molecule has 0 unspecified atom stereocenters. The van der Waals surface area contributed by atoms with Crippen molar-refractivity contribution in [3.05, 3.63) is 63.4 Å². The van der Waals surface area contributed by atoms with Crippen molar-refractivity contribution in [3.8, 4) is 0 Å². The molecular formula is C24H25ClF3N3O. The summed E-state index contributed by atoms with van der Waals surface area (Å²) in [7, 11) is 4.08. The number of carbonyl (C=O) groups is 1. The van der Waals surface area contributed by atoms with Gasteiger partial charge < -0.3 is 10.2 Å². The van der Waals surface area contributed by atoms with Gasteiger partial charge in [0.15, 0.2) is 17.4 Å². The van der Waals surface area contributed by atoms with Crippen LogP contribution in [0, 0.1) is 17.5 Å². The summed E-state index contributed by atoms with van der Waals surface area (Å²) in [5.74, 6) is -2.57. The molecule has 2 aromatic carbocycles. The van der Waals surface area contributed by atoms with Gasteiger partial charge in [0.25, 0.3) is 0 Å². The van der Waals surface area contributed by atoms with Crippen LogP contribution in [-0.2, 0) is 12.8 Å². The van der Waals surface area contributed by atoms with E-state index in [0.29, 0.717) is 23.5 Å². The molecule has 1 aliphatic heterocycles. The van der Waals surface area contributed by atoms with Gasteiger partial charge in [0, 0.05) is 23.9 Å². The van der Waals surface area contributed by atoms with E-state index in [1.54, 1.807) is 0 Å². The number of halogens is 4. The second kappa shape index (κ2) is 8.87. The van der Waals surface area contributed by atoms with Crippen molar-refractivity contribution in [3.63, 3.8) is 0 Å². The van der Waals surface area contributed by atoms with Crippen LogP contribution in [0.4, 0.5) is 18.9 Å². The number of nitrogens with zero attached hydrogens (tertiary/aromatic N) is 2. The van der Waals surface area contributed by atoms with Crippen LogP contribution in [-0.4, -0.2) is 42.7 Å². The number of benzene rings is 2. The van der Waals surface area contributed by atoms with Gasteiger partial charge in [-0.2, -0.15) is 0 Å². The van der Waals surface area contributed by atoms with Gasteiger partial charge in [0.05, 0.1) is 17.3 Å². The van der Waals surface area contributed by atoms with Gasteiger partial charge in [0.2, 0.25) is 0 Å². The van der Waals surface area contributed by atoms with Crippen LogP contribution < -0.4 is 5.32 Å². The van der Waals surface area contributed by atoms with Gasteiger partial charge in [-0.25, -0.2) is 13.2 Å².